The Hall–Kier alpha value is -2.49. The largest absolute Gasteiger partial charge is 0.359 e. The van der Waals surface area contributed by atoms with Crippen molar-refractivity contribution in [3.63, 3.8) is 0 Å². The van der Waals surface area contributed by atoms with Gasteiger partial charge in [-0.05, 0) is 12.8 Å². The van der Waals surface area contributed by atoms with Crippen LogP contribution in [0.15, 0.2) is 6.33 Å². The lowest BCUT2D eigenvalue weighted by atomic mass is 9.96. The monoisotopic (exact) mass is 295 g/mol. The first-order chi connectivity index (χ1) is 10.1. The highest BCUT2D eigenvalue weighted by molar-refractivity contribution is 5.79. The van der Waals surface area contributed by atoms with E-state index in [0.29, 0.717) is 25.9 Å². The van der Waals surface area contributed by atoms with Crippen LogP contribution in [-0.2, 0) is 4.79 Å². The Morgan fingerprint density at radius 2 is 2.14 bits per heavy atom. The zero-order valence-corrected chi connectivity index (χ0v) is 11.6. The lowest BCUT2D eigenvalue weighted by Gasteiger charge is -2.31. The van der Waals surface area contributed by atoms with Crippen molar-refractivity contribution in [2.75, 3.05) is 30.5 Å². The summed E-state index contributed by atoms with van der Waals surface area (Å²) < 4.78 is 0. The number of nitro groups is 1. The summed E-state index contributed by atoms with van der Waals surface area (Å²) in [4.78, 5) is 31.8. The van der Waals surface area contributed by atoms with Gasteiger partial charge in [0.15, 0.2) is 0 Å². The van der Waals surface area contributed by atoms with E-state index in [-0.39, 0.29) is 29.1 Å². The molecular weight excluding hydrogens is 278 g/mol. The summed E-state index contributed by atoms with van der Waals surface area (Å²) in [5, 5.41) is 13.8. The molecule has 0 atom stereocenters. The second kappa shape index (κ2) is 6.31. The van der Waals surface area contributed by atoms with Crippen molar-refractivity contribution in [3.8, 4) is 0 Å². The van der Waals surface area contributed by atoms with Gasteiger partial charge in [-0.1, -0.05) is 0 Å². The van der Waals surface area contributed by atoms with Crippen molar-refractivity contribution in [1.29, 1.82) is 0 Å². The van der Waals surface area contributed by atoms with Gasteiger partial charge in [-0.25, -0.2) is 15.8 Å². The summed E-state index contributed by atoms with van der Waals surface area (Å²) in [7, 11) is 1.60. The number of amides is 1. The summed E-state index contributed by atoms with van der Waals surface area (Å²) in [5.74, 6) is 5.37. The molecule has 0 radical (unpaired) electrons. The number of rotatable bonds is 4. The molecule has 4 N–H and O–H groups in total. The molecule has 0 aliphatic carbocycles. The van der Waals surface area contributed by atoms with Crippen molar-refractivity contribution < 1.29 is 9.72 Å². The van der Waals surface area contributed by atoms with E-state index in [9.17, 15) is 14.9 Å². The maximum atomic E-state index is 11.6. The topological polar surface area (TPSA) is 139 Å². The van der Waals surface area contributed by atoms with Gasteiger partial charge in [-0.15, -0.1) is 0 Å². The van der Waals surface area contributed by atoms with Gasteiger partial charge in [0.2, 0.25) is 17.5 Å². The van der Waals surface area contributed by atoms with Gasteiger partial charge in [-0.2, -0.15) is 0 Å². The van der Waals surface area contributed by atoms with Crippen LogP contribution in [0, 0.1) is 16.0 Å². The fourth-order valence-corrected chi connectivity index (χ4v) is 2.43. The minimum absolute atomic E-state index is 0.00356. The molecular formula is C11H17N7O3. The fraction of sp³-hybridized carbons (Fsp3) is 0.545. The zero-order valence-electron chi connectivity index (χ0n) is 11.6. The molecule has 1 aliphatic rings. The van der Waals surface area contributed by atoms with Crippen LogP contribution < -0.4 is 21.5 Å². The van der Waals surface area contributed by atoms with E-state index in [0.717, 1.165) is 0 Å². The van der Waals surface area contributed by atoms with Crippen LogP contribution in [0.25, 0.3) is 0 Å². The summed E-state index contributed by atoms with van der Waals surface area (Å²) in [6, 6.07) is 0. The lowest BCUT2D eigenvalue weighted by Crippen LogP contribution is -2.40. The number of anilines is 2. The number of hydrogen-bond acceptors (Lipinski definition) is 8. The van der Waals surface area contributed by atoms with E-state index in [4.69, 9.17) is 5.84 Å². The summed E-state index contributed by atoms with van der Waals surface area (Å²) in [5.41, 5.74) is 1.96. The van der Waals surface area contributed by atoms with E-state index < -0.39 is 4.92 Å². The third-order valence-corrected chi connectivity index (χ3v) is 3.53. The number of hydrazine groups is 1. The van der Waals surface area contributed by atoms with Gasteiger partial charge in [0.1, 0.15) is 6.33 Å². The minimum Gasteiger partial charge on any atom is -0.359 e. The predicted octanol–water partition coefficient (Wildman–Crippen LogP) is -0.367. The molecule has 2 rings (SSSR count). The molecule has 0 saturated carbocycles. The molecule has 0 bridgehead atoms. The smallest absolute Gasteiger partial charge is 0.354 e. The predicted molar refractivity (Wildman–Crippen MR) is 75.5 cm³/mol. The summed E-state index contributed by atoms with van der Waals surface area (Å²) in [6.45, 7) is 1.03. The summed E-state index contributed by atoms with van der Waals surface area (Å²) >= 11 is 0. The van der Waals surface area contributed by atoms with E-state index in [1.54, 1.807) is 11.9 Å². The number of hydrogen-bond donors (Lipinski definition) is 3. The van der Waals surface area contributed by atoms with Gasteiger partial charge in [0.05, 0.1) is 4.92 Å². The highest BCUT2D eigenvalue weighted by Gasteiger charge is 2.31. The highest BCUT2D eigenvalue weighted by Crippen LogP contribution is 2.33. The Kier molecular flexibility index (Phi) is 4.48. The molecule has 1 aliphatic heterocycles. The SMILES string of the molecule is CNC(=O)C1CCN(c2ncnc(NN)c2[N+](=O)[O-])CC1. The van der Waals surface area contributed by atoms with Crippen LogP contribution >= 0.6 is 0 Å². The third kappa shape index (κ3) is 2.99. The molecule has 1 aromatic heterocycles. The zero-order chi connectivity index (χ0) is 15.4. The number of piperidine rings is 1. The number of carbonyl (C=O) groups is 1. The quantitative estimate of drug-likeness (QED) is 0.388. The molecule has 10 heteroatoms. The Labute approximate surface area is 120 Å². The van der Waals surface area contributed by atoms with Gasteiger partial charge in [-0.3, -0.25) is 14.9 Å². The van der Waals surface area contributed by atoms with Crippen LogP contribution in [0.5, 0.6) is 0 Å². The molecule has 2 heterocycles. The lowest BCUT2D eigenvalue weighted by molar-refractivity contribution is -0.383. The van der Waals surface area contributed by atoms with Crippen LogP contribution in [0.3, 0.4) is 0 Å². The molecule has 1 fully saturated rings. The number of nitrogens with one attached hydrogen (secondary N) is 2. The molecule has 10 nitrogen and oxygen atoms in total. The normalized spacial score (nSPS) is 15.6. The summed E-state index contributed by atoms with van der Waals surface area (Å²) in [6.07, 6.45) is 2.46. The number of nitrogens with zero attached hydrogens (tertiary/aromatic N) is 4. The molecule has 21 heavy (non-hydrogen) atoms. The molecule has 1 amide bonds. The van der Waals surface area contributed by atoms with E-state index in [2.05, 4.69) is 20.7 Å². The standard InChI is InChI=1S/C11H17N7O3/c1-13-11(19)7-2-4-17(5-3-7)10-8(18(20)21)9(16-12)14-6-15-10/h6-7H,2-5,12H2,1H3,(H,13,19)(H,14,15,16). The molecule has 1 aromatic rings. The van der Waals surface area contributed by atoms with Crippen molar-refractivity contribution in [1.82, 2.24) is 15.3 Å². The Morgan fingerprint density at radius 1 is 1.48 bits per heavy atom. The Bertz CT molecular complexity index is 543. The number of carbonyl (C=O) groups excluding carboxylic acids is 1. The molecule has 0 unspecified atom stereocenters. The van der Waals surface area contributed by atoms with Crippen LogP contribution in [0.2, 0.25) is 0 Å². The van der Waals surface area contributed by atoms with Crippen molar-refractivity contribution in [2.45, 2.75) is 12.8 Å². The second-order valence-electron chi connectivity index (χ2n) is 4.67. The van der Waals surface area contributed by atoms with E-state index in [1.807, 2.05) is 0 Å². The first-order valence-electron chi connectivity index (χ1n) is 6.51. The minimum atomic E-state index is -0.560. The maximum absolute atomic E-state index is 11.6. The molecule has 114 valence electrons. The number of nitrogen functional groups attached to an aromatic ring is 1. The average molecular weight is 295 g/mol. The van der Waals surface area contributed by atoms with E-state index in [1.165, 1.54) is 6.33 Å². The van der Waals surface area contributed by atoms with Gasteiger partial charge in [0, 0.05) is 26.1 Å². The van der Waals surface area contributed by atoms with Crippen LogP contribution in [-0.4, -0.2) is 40.9 Å². The Balaban J connectivity index is 2.21. The highest BCUT2D eigenvalue weighted by atomic mass is 16.6. The Morgan fingerprint density at radius 3 is 2.67 bits per heavy atom. The maximum Gasteiger partial charge on any atom is 0.354 e. The van der Waals surface area contributed by atoms with Gasteiger partial charge >= 0.3 is 5.69 Å². The van der Waals surface area contributed by atoms with Crippen LogP contribution in [0.4, 0.5) is 17.3 Å². The van der Waals surface area contributed by atoms with Crippen LogP contribution in [0.1, 0.15) is 12.8 Å². The first kappa shape index (κ1) is 14.9. The first-order valence-corrected chi connectivity index (χ1v) is 6.51. The van der Waals surface area contributed by atoms with Crippen molar-refractivity contribution >= 4 is 23.2 Å². The third-order valence-electron chi connectivity index (χ3n) is 3.53. The second-order valence-corrected chi connectivity index (χ2v) is 4.67. The van der Waals surface area contributed by atoms with Gasteiger partial charge < -0.3 is 15.6 Å². The number of nitrogens with two attached hydrogens (primary N) is 1. The van der Waals surface area contributed by atoms with Crippen molar-refractivity contribution in [2.24, 2.45) is 11.8 Å². The van der Waals surface area contributed by atoms with Crippen molar-refractivity contribution in [3.05, 3.63) is 16.4 Å². The number of aromatic nitrogens is 2. The van der Waals surface area contributed by atoms with Gasteiger partial charge in [0.25, 0.3) is 0 Å². The van der Waals surface area contributed by atoms with E-state index >= 15 is 0 Å². The average Bonchev–Trinajstić information content (AvgIpc) is 2.53. The fourth-order valence-electron chi connectivity index (χ4n) is 2.43. The molecule has 0 spiro atoms. The molecule has 1 saturated heterocycles. The molecule has 0 aromatic carbocycles.